The Labute approximate surface area is 109 Å². The third kappa shape index (κ3) is 3.28. The van der Waals surface area contributed by atoms with Crippen LogP contribution in [0.2, 0.25) is 0 Å². The number of nitrogens with zero attached hydrogens (tertiary/aromatic N) is 1. The lowest BCUT2D eigenvalue weighted by Crippen LogP contribution is -1.89. The molecule has 92 valence electrons. The molecule has 0 aromatic heterocycles. The molecule has 0 aliphatic rings. The van der Waals surface area contributed by atoms with E-state index >= 15 is 0 Å². The van der Waals surface area contributed by atoms with Crippen molar-refractivity contribution < 1.29 is 8.95 Å². The molecule has 2 aromatic carbocycles. The summed E-state index contributed by atoms with van der Waals surface area (Å²) in [5, 5.41) is 0. The molecule has 0 bridgehead atoms. The maximum Gasteiger partial charge on any atom is 0.172 e. The van der Waals surface area contributed by atoms with Crippen LogP contribution in [-0.2, 0) is 11.0 Å². The second kappa shape index (κ2) is 6.12. The van der Waals surface area contributed by atoms with E-state index < -0.39 is 11.0 Å². The Hall–Kier alpha value is -1.94. The molecule has 0 N–H and O–H groups in total. The summed E-state index contributed by atoms with van der Waals surface area (Å²) < 4.78 is 20.9. The minimum Gasteiger partial charge on any atom is -0.497 e. The second-order valence-electron chi connectivity index (χ2n) is 3.57. The van der Waals surface area contributed by atoms with Crippen LogP contribution in [0.5, 0.6) is 5.75 Å². The monoisotopic (exact) mass is 259 g/mol. The van der Waals surface area contributed by atoms with Crippen LogP contribution >= 0.6 is 0 Å². The van der Waals surface area contributed by atoms with Crippen molar-refractivity contribution >= 4 is 17.2 Å². The first-order valence-corrected chi connectivity index (χ1v) is 6.55. The van der Waals surface area contributed by atoms with Crippen LogP contribution in [0.15, 0.2) is 63.9 Å². The fraction of sp³-hybridized carbons (Fsp3) is 0.0714. The topological polar surface area (TPSA) is 38.7 Å². The minimum absolute atomic E-state index is 0.697. The second-order valence-corrected chi connectivity index (χ2v) is 4.75. The largest absolute Gasteiger partial charge is 0.497 e. The van der Waals surface area contributed by atoms with Gasteiger partial charge in [-0.25, -0.2) is 4.21 Å². The Bertz CT molecular complexity index is 550. The average Bonchev–Trinajstić information content (AvgIpc) is 2.46. The molecular weight excluding hydrogens is 246 g/mol. The molecular formula is C14H13NO2S. The van der Waals surface area contributed by atoms with Crippen molar-refractivity contribution in [3.8, 4) is 5.75 Å². The Morgan fingerprint density at radius 3 is 2.33 bits per heavy atom. The highest BCUT2D eigenvalue weighted by Crippen LogP contribution is 2.11. The lowest BCUT2D eigenvalue weighted by Gasteiger charge is -1.99. The van der Waals surface area contributed by atoms with Gasteiger partial charge in [-0.05, 0) is 42.0 Å². The quantitative estimate of drug-likeness (QED) is 0.792. The van der Waals surface area contributed by atoms with E-state index in [9.17, 15) is 4.21 Å². The van der Waals surface area contributed by atoms with E-state index in [-0.39, 0.29) is 0 Å². The van der Waals surface area contributed by atoms with Crippen LogP contribution in [0, 0.1) is 0 Å². The van der Waals surface area contributed by atoms with Crippen LogP contribution in [0.25, 0.3) is 0 Å². The van der Waals surface area contributed by atoms with Gasteiger partial charge in [-0.1, -0.05) is 18.2 Å². The van der Waals surface area contributed by atoms with Gasteiger partial charge >= 0.3 is 0 Å². The average molecular weight is 259 g/mol. The Morgan fingerprint density at radius 1 is 1.06 bits per heavy atom. The molecule has 0 aliphatic carbocycles. The predicted molar refractivity (Wildman–Crippen MR) is 73.4 cm³/mol. The summed E-state index contributed by atoms with van der Waals surface area (Å²) in [6.45, 7) is 0. The Balaban J connectivity index is 2.08. The maximum absolute atomic E-state index is 11.8. The summed E-state index contributed by atoms with van der Waals surface area (Å²) in [6, 6.07) is 16.6. The molecule has 0 spiro atoms. The van der Waals surface area contributed by atoms with Gasteiger partial charge in [0, 0.05) is 6.21 Å². The number of hydrogen-bond acceptors (Lipinski definition) is 2. The minimum atomic E-state index is -1.35. The molecule has 2 rings (SSSR count). The summed E-state index contributed by atoms with van der Waals surface area (Å²) >= 11 is 0. The zero-order valence-electron chi connectivity index (χ0n) is 9.95. The lowest BCUT2D eigenvalue weighted by molar-refractivity contribution is 0.415. The van der Waals surface area contributed by atoms with Crippen molar-refractivity contribution in [2.75, 3.05) is 7.11 Å². The van der Waals surface area contributed by atoms with Crippen molar-refractivity contribution in [1.82, 2.24) is 0 Å². The molecule has 2 aromatic rings. The zero-order chi connectivity index (χ0) is 12.8. The highest BCUT2D eigenvalue weighted by Gasteiger charge is 1.98. The Kier molecular flexibility index (Phi) is 4.25. The van der Waals surface area contributed by atoms with Gasteiger partial charge in [0.25, 0.3) is 0 Å². The van der Waals surface area contributed by atoms with Crippen molar-refractivity contribution in [3.05, 3.63) is 60.2 Å². The fourth-order valence-corrected chi connectivity index (χ4v) is 2.13. The zero-order valence-corrected chi connectivity index (χ0v) is 10.8. The van der Waals surface area contributed by atoms with Gasteiger partial charge in [0.1, 0.15) is 5.75 Å². The Morgan fingerprint density at radius 2 is 1.72 bits per heavy atom. The highest BCUT2D eigenvalue weighted by atomic mass is 32.2. The number of ether oxygens (including phenoxy) is 1. The van der Waals surface area contributed by atoms with Crippen LogP contribution in [0.4, 0.5) is 0 Å². The van der Waals surface area contributed by atoms with Gasteiger partial charge in [0.2, 0.25) is 0 Å². The molecule has 4 heteroatoms. The van der Waals surface area contributed by atoms with Crippen LogP contribution in [-0.4, -0.2) is 17.5 Å². The van der Waals surface area contributed by atoms with Crippen molar-refractivity contribution in [2.24, 2.45) is 4.40 Å². The first-order chi connectivity index (χ1) is 8.79. The first-order valence-electron chi connectivity index (χ1n) is 5.44. The van der Waals surface area contributed by atoms with Gasteiger partial charge in [-0.3, -0.25) is 0 Å². The first kappa shape index (κ1) is 12.5. The molecule has 0 aliphatic heterocycles. The van der Waals surface area contributed by atoms with Crippen molar-refractivity contribution in [2.45, 2.75) is 4.90 Å². The summed E-state index contributed by atoms with van der Waals surface area (Å²) in [5.41, 5.74) is 0.889. The molecule has 1 atom stereocenters. The molecule has 0 heterocycles. The van der Waals surface area contributed by atoms with E-state index in [4.69, 9.17) is 4.74 Å². The summed E-state index contributed by atoms with van der Waals surface area (Å²) in [4.78, 5) is 0.697. The lowest BCUT2D eigenvalue weighted by atomic mass is 10.2. The molecule has 0 saturated heterocycles. The molecule has 3 nitrogen and oxygen atoms in total. The van der Waals surface area contributed by atoms with E-state index in [0.717, 1.165) is 11.3 Å². The summed E-state index contributed by atoms with van der Waals surface area (Å²) in [6.07, 6.45) is 1.60. The molecule has 1 unspecified atom stereocenters. The fourth-order valence-electron chi connectivity index (χ4n) is 1.40. The number of benzene rings is 2. The van der Waals surface area contributed by atoms with E-state index in [1.807, 2.05) is 42.5 Å². The van der Waals surface area contributed by atoms with Crippen LogP contribution in [0.1, 0.15) is 5.56 Å². The number of rotatable bonds is 4. The smallest absolute Gasteiger partial charge is 0.172 e. The van der Waals surface area contributed by atoms with E-state index in [2.05, 4.69) is 4.40 Å². The van der Waals surface area contributed by atoms with E-state index in [0.29, 0.717) is 4.90 Å². The SMILES string of the molecule is COc1ccc(C=NS(=O)c2ccccc2)cc1. The number of methoxy groups -OCH3 is 1. The molecule has 0 amide bonds. The number of hydrogen-bond donors (Lipinski definition) is 0. The van der Waals surface area contributed by atoms with Crippen molar-refractivity contribution in [3.63, 3.8) is 0 Å². The van der Waals surface area contributed by atoms with Gasteiger partial charge in [-0.2, -0.15) is 4.40 Å². The van der Waals surface area contributed by atoms with Crippen LogP contribution in [0.3, 0.4) is 0 Å². The van der Waals surface area contributed by atoms with E-state index in [1.54, 1.807) is 25.5 Å². The third-order valence-corrected chi connectivity index (χ3v) is 3.33. The van der Waals surface area contributed by atoms with Gasteiger partial charge < -0.3 is 4.74 Å². The summed E-state index contributed by atoms with van der Waals surface area (Å²) in [5.74, 6) is 0.788. The summed E-state index contributed by atoms with van der Waals surface area (Å²) in [7, 11) is 0.266. The molecule has 18 heavy (non-hydrogen) atoms. The predicted octanol–water partition coefficient (Wildman–Crippen LogP) is 2.84. The highest BCUT2D eigenvalue weighted by molar-refractivity contribution is 7.83. The normalized spacial score (nSPS) is 12.5. The van der Waals surface area contributed by atoms with E-state index in [1.165, 1.54) is 0 Å². The van der Waals surface area contributed by atoms with Gasteiger partial charge in [0.05, 0.1) is 12.0 Å². The van der Waals surface area contributed by atoms with Gasteiger partial charge in [0.15, 0.2) is 11.0 Å². The van der Waals surface area contributed by atoms with Crippen molar-refractivity contribution in [1.29, 1.82) is 0 Å². The molecule has 0 fully saturated rings. The third-order valence-electron chi connectivity index (χ3n) is 2.36. The van der Waals surface area contributed by atoms with Crippen LogP contribution < -0.4 is 4.74 Å². The standard InChI is InChI=1S/C14H13NO2S/c1-17-13-9-7-12(8-10-13)11-15-18(16)14-5-3-2-4-6-14/h2-11H,1H3. The molecule has 0 radical (unpaired) electrons. The maximum atomic E-state index is 11.8. The molecule has 0 saturated carbocycles. The van der Waals surface area contributed by atoms with Gasteiger partial charge in [-0.15, -0.1) is 0 Å².